The smallest absolute Gasteiger partial charge is 0.339 e. The van der Waals surface area contributed by atoms with Crippen LogP contribution in [-0.4, -0.2) is 34.8 Å². The predicted molar refractivity (Wildman–Crippen MR) is 94.1 cm³/mol. The van der Waals surface area contributed by atoms with Crippen LogP contribution in [-0.2, 0) is 14.4 Å². The lowest BCUT2D eigenvalue weighted by atomic mass is 9.85. The molecular formula is C19H37NO3. The minimum atomic E-state index is -0.958. The lowest BCUT2D eigenvalue weighted by molar-refractivity contribution is -0.303. The van der Waals surface area contributed by atoms with Crippen LogP contribution in [0.2, 0.25) is 0 Å². The quantitative estimate of drug-likeness (QED) is 0.567. The lowest BCUT2D eigenvalue weighted by Gasteiger charge is -2.46. The topological polar surface area (TPSA) is 38.8 Å². The molecular weight excluding hydrogens is 290 g/mol. The van der Waals surface area contributed by atoms with Crippen molar-refractivity contribution in [1.82, 2.24) is 5.06 Å². The Hall–Kier alpha value is -0.610. The van der Waals surface area contributed by atoms with Crippen molar-refractivity contribution in [2.45, 2.75) is 110 Å². The van der Waals surface area contributed by atoms with Crippen LogP contribution in [0.25, 0.3) is 0 Å². The molecule has 0 bridgehead atoms. The standard InChI is InChI=1S/C19H37NO3/c1-8-10-12-19(13-11-9-2)15-14-17(3,4)20(19)23-18(5,6)16(21)22-7/h8-15H2,1-7H3. The third-order valence-electron chi connectivity index (χ3n) is 5.17. The average molecular weight is 328 g/mol. The fourth-order valence-corrected chi connectivity index (χ4v) is 3.71. The summed E-state index contributed by atoms with van der Waals surface area (Å²) in [7, 11) is 1.42. The molecule has 23 heavy (non-hydrogen) atoms. The number of carbonyl (C=O) groups excluding carboxylic acids is 1. The highest BCUT2D eigenvalue weighted by Crippen LogP contribution is 2.48. The summed E-state index contributed by atoms with van der Waals surface area (Å²) in [6, 6.07) is 0. The van der Waals surface area contributed by atoms with E-state index in [4.69, 9.17) is 9.57 Å². The van der Waals surface area contributed by atoms with Crippen molar-refractivity contribution in [3.63, 3.8) is 0 Å². The van der Waals surface area contributed by atoms with Gasteiger partial charge in [0.15, 0.2) is 5.60 Å². The Morgan fingerprint density at radius 1 is 1.09 bits per heavy atom. The Balaban J connectivity index is 3.08. The van der Waals surface area contributed by atoms with E-state index in [1.165, 1.54) is 32.8 Å². The third-order valence-corrected chi connectivity index (χ3v) is 5.17. The molecule has 0 amide bonds. The zero-order valence-electron chi connectivity index (χ0n) is 16.3. The van der Waals surface area contributed by atoms with Crippen LogP contribution >= 0.6 is 0 Å². The van der Waals surface area contributed by atoms with Gasteiger partial charge in [0, 0.05) is 11.1 Å². The molecule has 0 unspecified atom stereocenters. The maximum absolute atomic E-state index is 12.1. The molecule has 0 atom stereocenters. The predicted octanol–water partition coefficient (Wildman–Crippen LogP) is 4.86. The molecule has 0 aromatic heterocycles. The first-order valence-corrected chi connectivity index (χ1v) is 9.23. The van der Waals surface area contributed by atoms with Gasteiger partial charge in [0.2, 0.25) is 0 Å². The number of hydrogen-bond donors (Lipinski definition) is 0. The number of carbonyl (C=O) groups is 1. The van der Waals surface area contributed by atoms with Gasteiger partial charge in [-0.3, -0.25) is 4.84 Å². The van der Waals surface area contributed by atoms with Gasteiger partial charge in [-0.1, -0.05) is 39.5 Å². The molecule has 0 aromatic carbocycles. The fourth-order valence-electron chi connectivity index (χ4n) is 3.71. The van der Waals surface area contributed by atoms with E-state index in [0.717, 1.165) is 25.7 Å². The van der Waals surface area contributed by atoms with Crippen molar-refractivity contribution in [3.05, 3.63) is 0 Å². The first-order chi connectivity index (χ1) is 10.6. The Morgan fingerprint density at radius 3 is 2.04 bits per heavy atom. The van der Waals surface area contributed by atoms with E-state index in [2.05, 4.69) is 32.8 Å². The van der Waals surface area contributed by atoms with Crippen molar-refractivity contribution >= 4 is 5.97 Å². The van der Waals surface area contributed by atoms with Gasteiger partial charge in [-0.25, -0.2) is 4.79 Å². The molecule has 1 rings (SSSR count). The molecule has 0 aliphatic carbocycles. The molecule has 1 saturated heterocycles. The van der Waals surface area contributed by atoms with Crippen molar-refractivity contribution in [2.75, 3.05) is 7.11 Å². The summed E-state index contributed by atoms with van der Waals surface area (Å²) in [5.41, 5.74) is -0.979. The van der Waals surface area contributed by atoms with E-state index >= 15 is 0 Å². The third kappa shape index (κ3) is 4.69. The van der Waals surface area contributed by atoms with Gasteiger partial charge in [-0.2, -0.15) is 5.06 Å². The van der Waals surface area contributed by atoms with Gasteiger partial charge in [0.05, 0.1) is 7.11 Å². The Bertz CT molecular complexity index is 382. The first-order valence-electron chi connectivity index (χ1n) is 9.23. The number of ether oxygens (including phenoxy) is 1. The van der Waals surface area contributed by atoms with Crippen LogP contribution in [0.15, 0.2) is 0 Å². The number of unbranched alkanes of at least 4 members (excludes halogenated alkanes) is 2. The van der Waals surface area contributed by atoms with Crippen molar-refractivity contribution < 1.29 is 14.4 Å². The largest absolute Gasteiger partial charge is 0.467 e. The summed E-state index contributed by atoms with van der Waals surface area (Å²) in [5, 5.41) is 2.17. The highest BCUT2D eigenvalue weighted by Gasteiger charge is 2.53. The van der Waals surface area contributed by atoms with E-state index in [1.807, 2.05) is 0 Å². The Kier molecular flexibility index (Phi) is 7.09. The molecule has 0 aromatic rings. The normalized spacial score (nSPS) is 20.7. The maximum Gasteiger partial charge on any atom is 0.339 e. The van der Waals surface area contributed by atoms with Gasteiger partial charge >= 0.3 is 5.97 Å². The minimum Gasteiger partial charge on any atom is -0.467 e. The van der Waals surface area contributed by atoms with E-state index in [9.17, 15) is 4.79 Å². The molecule has 1 aliphatic heterocycles. The van der Waals surface area contributed by atoms with E-state index in [0.29, 0.717) is 0 Å². The van der Waals surface area contributed by atoms with Crippen LogP contribution in [0.5, 0.6) is 0 Å². The van der Waals surface area contributed by atoms with Gasteiger partial charge in [-0.05, 0) is 53.4 Å². The highest BCUT2D eigenvalue weighted by atomic mass is 16.7. The molecule has 1 aliphatic rings. The van der Waals surface area contributed by atoms with Gasteiger partial charge in [0.25, 0.3) is 0 Å². The van der Waals surface area contributed by atoms with Crippen molar-refractivity contribution in [1.29, 1.82) is 0 Å². The van der Waals surface area contributed by atoms with E-state index in [1.54, 1.807) is 13.8 Å². The molecule has 0 N–H and O–H groups in total. The van der Waals surface area contributed by atoms with Gasteiger partial charge < -0.3 is 4.74 Å². The SMILES string of the molecule is CCCCC1(CCCC)CCC(C)(C)N1OC(C)(C)C(=O)OC. The fraction of sp³-hybridized carbons (Fsp3) is 0.947. The second-order valence-electron chi connectivity index (χ2n) is 8.13. The number of esters is 1. The van der Waals surface area contributed by atoms with Crippen LogP contribution in [0.4, 0.5) is 0 Å². The molecule has 0 spiro atoms. The average Bonchev–Trinajstić information content (AvgIpc) is 2.74. The summed E-state index contributed by atoms with van der Waals surface area (Å²) in [4.78, 5) is 18.4. The van der Waals surface area contributed by atoms with Crippen molar-refractivity contribution in [3.8, 4) is 0 Å². The van der Waals surface area contributed by atoms with Crippen LogP contribution in [0.3, 0.4) is 0 Å². The number of hydroxylamine groups is 2. The summed E-state index contributed by atoms with van der Waals surface area (Å²) in [6.07, 6.45) is 9.24. The number of rotatable bonds is 9. The Labute approximate surface area is 142 Å². The summed E-state index contributed by atoms with van der Waals surface area (Å²) in [5.74, 6) is -0.319. The number of hydrogen-bond acceptors (Lipinski definition) is 4. The van der Waals surface area contributed by atoms with Crippen molar-refractivity contribution in [2.24, 2.45) is 0 Å². The molecule has 4 heteroatoms. The summed E-state index contributed by atoms with van der Waals surface area (Å²) in [6.45, 7) is 12.5. The highest BCUT2D eigenvalue weighted by molar-refractivity contribution is 5.78. The van der Waals surface area contributed by atoms with Crippen LogP contribution < -0.4 is 0 Å². The lowest BCUT2D eigenvalue weighted by Crippen LogP contribution is -2.56. The van der Waals surface area contributed by atoms with E-state index in [-0.39, 0.29) is 17.0 Å². The molecule has 1 fully saturated rings. The number of nitrogens with zero attached hydrogens (tertiary/aromatic N) is 1. The van der Waals surface area contributed by atoms with Gasteiger partial charge in [0.1, 0.15) is 0 Å². The molecule has 136 valence electrons. The zero-order valence-corrected chi connectivity index (χ0v) is 16.3. The second-order valence-corrected chi connectivity index (χ2v) is 8.13. The maximum atomic E-state index is 12.1. The molecule has 0 saturated carbocycles. The molecule has 1 heterocycles. The van der Waals surface area contributed by atoms with Gasteiger partial charge in [-0.15, -0.1) is 0 Å². The summed E-state index contributed by atoms with van der Waals surface area (Å²) >= 11 is 0. The molecule has 0 radical (unpaired) electrons. The number of methoxy groups -OCH3 is 1. The molecule has 4 nitrogen and oxygen atoms in total. The van der Waals surface area contributed by atoms with E-state index < -0.39 is 5.60 Å². The summed E-state index contributed by atoms with van der Waals surface area (Å²) < 4.78 is 4.93. The monoisotopic (exact) mass is 327 g/mol. The first kappa shape index (κ1) is 20.4. The van der Waals surface area contributed by atoms with Crippen LogP contribution in [0.1, 0.15) is 92.9 Å². The minimum absolute atomic E-state index is 0.0425. The zero-order chi connectivity index (χ0) is 17.7. The van der Waals surface area contributed by atoms with Crippen LogP contribution in [0, 0.1) is 0 Å². The Morgan fingerprint density at radius 2 is 1.61 bits per heavy atom. The second kappa shape index (κ2) is 7.98.